The van der Waals surface area contributed by atoms with Crippen molar-refractivity contribution in [3.8, 4) is 0 Å². The van der Waals surface area contributed by atoms with Gasteiger partial charge < -0.3 is 10.6 Å². The Morgan fingerprint density at radius 3 is 1.32 bits per heavy atom. The predicted octanol–water partition coefficient (Wildman–Crippen LogP) is 5.97. The molecule has 0 fully saturated rings. The molecule has 2 heteroatoms. The number of unbranched alkanes of at least 4 members (excludes halogenated alkanes) is 14. The molecule has 0 rings (SSSR count). The normalized spacial score (nSPS) is 11.0. The second-order valence-electron chi connectivity index (χ2n) is 6.37. The standard InChI is InChI=1S/C20H40O.H2O/c1-2-3-4-5-6-7-8-9-10-11-12-13-14-15-16-17-18-19-20-21;/h11-12,21H,2-10,13-20H2,1H3;1H2/b12-11-;. The highest BCUT2D eigenvalue weighted by Crippen LogP contribution is 2.10. The number of hydrogen-bond donors (Lipinski definition) is 1. The van der Waals surface area contributed by atoms with Crippen LogP contribution >= 0.6 is 0 Å². The number of hydrogen-bond acceptors (Lipinski definition) is 1. The maximum Gasteiger partial charge on any atom is 0.0431 e. The van der Waals surface area contributed by atoms with Crippen molar-refractivity contribution in [2.45, 2.75) is 110 Å². The predicted molar refractivity (Wildman–Crippen MR) is 99.4 cm³/mol. The van der Waals surface area contributed by atoms with Gasteiger partial charge in [-0.3, -0.25) is 0 Å². The third-order valence-electron chi connectivity index (χ3n) is 4.17. The summed E-state index contributed by atoms with van der Waals surface area (Å²) < 4.78 is 0. The summed E-state index contributed by atoms with van der Waals surface area (Å²) in [7, 11) is 0. The molecule has 0 aromatic carbocycles. The zero-order chi connectivity index (χ0) is 15.4. The Labute approximate surface area is 139 Å². The fourth-order valence-electron chi connectivity index (χ4n) is 2.71. The van der Waals surface area contributed by atoms with Crippen LogP contribution in [0.5, 0.6) is 0 Å². The Kier molecular flexibility index (Phi) is 24.9. The van der Waals surface area contributed by atoms with Crippen LogP contribution in [0.2, 0.25) is 0 Å². The second kappa shape index (κ2) is 22.9. The molecule has 0 unspecified atom stereocenters. The zero-order valence-corrected chi connectivity index (χ0v) is 15.1. The molecular formula is C20H42O2. The molecule has 0 aromatic heterocycles. The third-order valence-corrected chi connectivity index (χ3v) is 4.17. The molecule has 0 amide bonds. The first-order chi connectivity index (χ1) is 10.4. The summed E-state index contributed by atoms with van der Waals surface area (Å²) in [6, 6.07) is 0. The van der Waals surface area contributed by atoms with Crippen molar-refractivity contribution in [2.24, 2.45) is 0 Å². The fourth-order valence-corrected chi connectivity index (χ4v) is 2.71. The lowest BCUT2D eigenvalue weighted by atomic mass is 10.1. The molecule has 0 aliphatic heterocycles. The van der Waals surface area contributed by atoms with Gasteiger partial charge in [-0.2, -0.15) is 0 Å². The minimum absolute atomic E-state index is 0. The minimum Gasteiger partial charge on any atom is -0.412 e. The zero-order valence-electron chi connectivity index (χ0n) is 15.1. The van der Waals surface area contributed by atoms with Gasteiger partial charge in [0.2, 0.25) is 0 Å². The molecule has 0 aliphatic rings. The summed E-state index contributed by atoms with van der Waals surface area (Å²) in [5.74, 6) is 0. The van der Waals surface area contributed by atoms with Crippen LogP contribution < -0.4 is 0 Å². The first-order valence-corrected chi connectivity index (χ1v) is 9.67. The monoisotopic (exact) mass is 314 g/mol. The summed E-state index contributed by atoms with van der Waals surface area (Å²) >= 11 is 0. The van der Waals surface area contributed by atoms with Crippen molar-refractivity contribution in [1.29, 1.82) is 0 Å². The lowest BCUT2D eigenvalue weighted by molar-refractivity contribution is 0.282. The van der Waals surface area contributed by atoms with E-state index in [9.17, 15) is 0 Å². The highest BCUT2D eigenvalue weighted by atomic mass is 16.2. The molecule has 0 heterocycles. The maximum atomic E-state index is 8.68. The SMILES string of the molecule is CCCCCCCCCC/C=C\CCCCCCCCO.O. The van der Waals surface area contributed by atoms with Gasteiger partial charge in [0, 0.05) is 6.61 Å². The molecule has 0 bridgehead atoms. The third kappa shape index (κ3) is 21.9. The average molecular weight is 315 g/mol. The van der Waals surface area contributed by atoms with Crippen LogP contribution in [0.3, 0.4) is 0 Å². The van der Waals surface area contributed by atoms with Crippen LogP contribution in [0, 0.1) is 0 Å². The number of aliphatic hydroxyl groups excluding tert-OH is 1. The van der Waals surface area contributed by atoms with Crippen molar-refractivity contribution in [3.05, 3.63) is 12.2 Å². The Bertz CT molecular complexity index is 202. The van der Waals surface area contributed by atoms with Gasteiger partial charge in [0.05, 0.1) is 0 Å². The van der Waals surface area contributed by atoms with Gasteiger partial charge in [0.25, 0.3) is 0 Å². The summed E-state index contributed by atoms with van der Waals surface area (Å²) in [6.45, 7) is 2.64. The molecule has 0 aromatic rings. The number of allylic oxidation sites excluding steroid dienone is 2. The van der Waals surface area contributed by atoms with E-state index < -0.39 is 0 Å². The van der Waals surface area contributed by atoms with Crippen molar-refractivity contribution >= 4 is 0 Å². The van der Waals surface area contributed by atoms with E-state index in [0.717, 1.165) is 6.42 Å². The average Bonchev–Trinajstić information content (AvgIpc) is 2.50. The topological polar surface area (TPSA) is 51.7 Å². The van der Waals surface area contributed by atoms with Gasteiger partial charge in [-0.15, -0.1) is 0 Å². The van der Waals surface area contributed by atoms with E-state index in [4.69, 9.17) is 5.11 Å². The molecule has 2 nitrogen and oxygen atoms in total. The van der Waals surface area contributed by atoms with E-state index in [2.05, 4.69) is 19.1 Å². The van der Waals surface area contributed by atoms with E-state index in [1.165, 1.54) is 96.3 Å². The van der Waals surface area contributed by atoms with Gasteiger partial charge in [0.1, 0.15) is 0 Å². The van der Waals surface area contributed by atoms with E-state index in [-0.39, 0.29) is 5.48 Å². The molecular weight excluding hydrogens is 272 g/mol. The van der Waals surface area contributed by atoms with Gasteiger partial charge in [-0.05, 0) is 32.1 Å². The minimum atomic E-state index is 0. The van der Waals surface area contributed by atoms with Gasteiger partial charge in [-0.25, -0.2) is 0 Å². The Morgan fingerprint density at radius 2 is 0.909 bits per heavy atom. The fraction of sp³-hybridized carbons (Fsp3) is 0.900. The van der Waals surface area contributed by atoms with Crippen LogP contribution in [0.25, 0.3) is 0 Å². The van der Waals surface area contributed by atoms with E-state index in [1.807, 2.05) is 0 Å². The quantitative estimate of drug-likeness (QED) is 0.261. The first kappa shape index (κ1) is 23.9. The Hall–Kier alpha value is -0.340. The summed E-state index contributed by atoms with van der Waals surface area (Å²) in [5, 5.41) is 8.68. The highest BCUT2D eigenvalue weighted by molar-refractivity contribution is 4.81. The maximum absolute atomic E-state index is 8.68. The molecule has 22 heavy (non-hydrogen) atoms. The smallest absolute Gasteiger partial charge is 0.0431 e. The number of aliphatic hydroxyl groups is 1. The highest BCUT2D eigenvalue weighted by Gasteiger charge is 1.91. The van der Waals surface area contributed by atoms with Crippen molar-refractivity contribution in [2.75, 3.05) is 6.61 Å². The van der Waals surface area contributed by atoms with Gasteiger partial charge in [-0.1, -0.05) is 89.7 Å². The Morgan fingerprint density at radius 1 is 0.545 bits per heavy atom. The molecule has 0 aliphatic carbocycles. The van der Waals surface area contributed by atoms with Gasteiger partial charge >= 0.3 is 0 Å². The van der Waals surface area contributed by atoms with E-state index in [0.29, 0.717) is 6.61 Å². The summed E-state index contributed by atoms with van der Waals surface area (Å²) in [5.41, 5.74) is 0. The summed E-state index contributed by atoms with van der Waals surface area (Å²) in [4.78, 5) is 0. The molecule has 0 saturated carbocycles. The Balaban J connectivity index is 0. The largest absolute Gasteiger partial charge is 0.412 e. The van der Waals surface area contributed by atoms with E-state index in [1.54, 1.807) is 0 Å². The van der Waals surface area contributed by atoms with Crippen LogP contribution in [0.1, 0.15) is 110 Å². The van der Waals surface area contributed by atoms with Crippen LogP contribution in [-0.2, 0) is 0 Å². The van der Waals surface area contributed by atoms with Gasteiger partial charge in [0.15, 0.2) is 0 Å². The first-order valence-electron chi connectivity index (χ1n) is 9.67. The van der Waals surface area contributed by atoms with Crippen molar-refractivity contribution in [3.63, 3.8) is 0 Å². The molecule has 0 atom stereocenters. The van der Waals surface area contributed by atoms with E-state index >= 15 is 0 Å². The lowest BCUT2D eigenvalue weighted by Crippen LogP contribution is -1.83. The summed E-state index contributed by atoms with van der Waals surface area (Å²) in [6.07, 6.45) is 26.2. The van der Waals surface area contributed by atoms with Crippen molar-refractivity contribution in [1.82, 2.24) is 0 Å². The number of rotatable bonds is 17. The second-order valence-corrected chi connectivity index (χ2v) is 6.37. The van der Waals surface area contributed by atoms with Crippen molar-refractivity contribution < 1.29 is 10.6 Å². The van der Waals surface area contributed by atoms with Crippen LogP contribution in [-0.4, -0.2) is 17.2 Å². The molecule has 0 radical (unpaired) electrons. The molecule has 134 valence electrons. The molecule has 3 N–H and O–H groups in total. The molecule has 0 spiro atoms. The van der Waals surface area contributed by atoms with Crippen LogP contribution in [0.4, 0.5) is 0 Å². The van der Waals surface area contributed by atoms with Crippen LogP contribution in [0.15, 0.2) is 12.2 Å². The molecule has 0 saturated heterocycles. The lowest BCUT2D eigenvalue weighted by Gasteiger charge is -2.00.